The van der Waals surface area contributed by atoms with Gasteiger partial charge in [0.05, 0.1) is 17.5 Å². The van der Waals surface area contributed by atoms with Crippen LogP contribution in [0.15, 0.2) is 23.1 Å². The lowest BCUT2D eigenvalue weighted by Gasteiger charge is -2.33. The van der Waals surface area contributed by atoms with Crippen LogP contribution in [0.1, 0.15) is 25.3 Å². The number of carbonyl (C=O) groups excluding carboxylic acids is 3. The van der Waals surface area contributed by atoms with Crippen LogP contribution in [0.4, 0.5) is 5.69 Å². The van der Waals surface area contributed by atoms with Crippen molar-refractivity contribution in [3.05, 3.63) is 23.8 Å². The number of anilines is 1. The summed E-state index contributed by atoms with van der Waals surface area (Å²) in [6.45, 7) is 4.39. The summed E-state index contributed by atoms with van der Waals surface area (Å²) in [5.74, 6) is -0.657. The third-order valence-electron chi connectivity index (χ3n) is 5.38. The monoisotopic (exact) mass is 422 g/mol. The molecule has 9 nitrogen and oxygen atoms in total. The predicted octanol–water partition coefficient (Wildman–Crippen LogP) is 0.0892. The second kappa shape index (κ2) is 8.11. The summed E-state index contributed by atoms with van der Waals surface area (Å²) in [6.07, 6.45) is 1.19. The quantitative estimate of drug-likeness (QED) is 0.724. The zero-order valence-electron chi connectivity index (χ0n) is 16.8. The maximum absolute atomic E-state index is 13.0. The van der Waals surface area contributed by atoms with Gasteiger partial charge in [0.1, 0.15) is 0 Å². The van der Waals surface area contributed by atoms with E-state index in [1.807, 2.05) is 0 Å². The van der Waals surface area contributed by atoms with Crippen molar-refractivity contribution in [2.45, 2.75) is 37.6 Å². The number of likely N-dealkylation sites (N-methyl/N-ethyl adjacent to an activating group) is 1. The van der Waals surface area contributed by atoms with Crippen LogP contribution in [0.3, 0.4) is 0 Å². The van der Waals surface area contributed by atoms with Gasteiger partial charge < -0.3 is 14.7 Å². The fourth-order valence-corrected chi connectivity index (χ4v) is 5.11. The van der Waals surface area contributed by atoms with E-state index < -0.39 is 22.0 Å². The smallest absolute Gasteiger partial charge is 0.241 e. The molecule has 1 atom stereocenters. The molecule has 1 N–H and O–H groups in total. The summed E-state index contributed by atoms with van der Waals surface area (Å²) >= 11 is 0. The number of rotatable bonds is 5. The number of benzene rings is 1. The van der Waals surface area contributed by atoms with Gasteiger partial charge in [0, 0.05) is 38.8 Å². The van der Waals surface area contributed by atoms with E-state index in [4.69, 9.17) is 0 Å². The van der Waals surface area contributed by atoms with Gasteiger partial charge in [-0.05, 0) is 38.0 Å². The Morgan fingerprint density at radius 1 is 1.14 bits per heavy atom. The molecule has 0 unspecified atom stereocenters. The summed E-state index contributed by atoms with van der Waals surface area (Å²) in [7, 11) is -2.33. The second-order valence-corrected chi connectivity index (χ2v) is 9.15. The molecule has 1 aromatic rings. The lowest BCUT2D eigenvalue weighted by molar-refractivity contribution is -0.144. The Hall–Kier alpha value is -2.46. The van der Waals surface area contributed by atoms with Crippen LogP contribution in [0.25, 0.3) is 0 Å². The largest absolute Gasteiger partial charge is 0.342 e. The fourth-order valence-electron chi connectivity index (χ4n) is 3.66. The van der Waals surface area contributed by atoms with Crippen molar-refractivity contribution in [2.24, 2.45) is 0 Å². The maximum atomic E-state index is 13.0. The molecule has 3 amide bonds. The van der Waals surface area contributed by atoms with Crippen LogP contribution in [-0.4, -0.2) is 75.2 Å². The van der Waals surface area contributed by atoms with Crippen LogP contribution >= 0.6 is 0 Å². The number of sulfonamides is 1. The highest BCUT2D eigenvalue weighted by Gasteiger charge is 2.32. The molecule has 2 saturated heterocycles. The average Bonchev–Trinajstić information content (AvgIpc) is 3.08. The van der Waals surface area contributed by atoms with Crippen LogP contribution in [-0.2, 0) is 24.4 Å². The van der Waals surface area contributed by atoms with Gasteiger partial charge in [-0.3, -0.25) is 14.4 Å². The topological polar surface area (TPSA) is 107 Å². The van der Waals surface area contributed by atoms with Crippen molar-refractivity contribution in [1.29, 1.82) is 0 Å². The molecular weight excluding hydrogens is 396 g/mol. The lowest BCUT2D eigenvalue weighted by atomic mass is 10.2. The first-order chi connectivity index (χ1) is 13.6. The minimum absolute atomic E-state index is 0.0288. The normalized spacial score (nSPS) is 19.1. The molecule has 2 heterocycles. The first-order valence-electron chi connectivity index (χ1n) is 9.57. The molecule has 0 aromatic heterocycles. The zero-order valence-corrected chi connectivity index (χ0v) is 17.7. The fraction of sp³-hybridized carbons (Fsp3) is 0.526. The van der Waals surface area contributed by atoms with Crippen molar-refractivity contribution in [1.82, 2.24) is 14.5 Å². The number of piperazine rings is 1. The van der Waals surface area contributed by atoms with Gasteiger partial charge in [-0.2, -0.15) is 4.72 Å². The molecule has 0 aliphatic carbocycles. The zero-order chi connectivity index (χ0) is 21.3. The summed E-state index contributed by atoms with van der Waals surface area (Å²) < 4.78 is 28.3. The number of hydrogen-bond donors (Lipinski definition) is 1. The van der Waals surface area contributed by atoms with E-state index in [2.05, 4.69) is 4.72 Å². The van der Waals surface area contributed by atoms with E-state index in [0.29, 0.717) is 37.3 Å². The Morgan fingerprint density at radius 3 is 2.48 bits per heavy atom. The third-order valence-corrected chi connectivity index (χ3v) is 7.07. The summed E-state index contributed by atoms with van der Waals surface area (Å²) in [4.78, 5) is 41.1. The second-order valence-electron chi connectivity index (χ2n) is 7.47. The molecule has 0 saturated carbocycles. The van der Waals surface area contributed by atoms with Crippen molar-refractivity contribution in [3.63, 3.8) is 0 Å². The summed E-state index contributed by atoms with van der Waals surface area (Å²) in [5, 5.41) is 0. The first-order valence-corrected chi connectivity index (χ1v) is 11.0. The molecule has 158 valence electrons. The van der Waals surface area contributed by atoms with Crippen molar-refractivity contribution in [3.8, 4) is 0 Å². The molecule has 1 aromatic carbocycles. The SMILES string of the molecule is Cc1c(N2CCCC2=O)cccc1S(=O)(=O)N[C@@H](C)C(=O)N1CCN(C)C(=O)C1. The summed E-state index contributed by atoms with van der Waals surface area (Å²) in [5.41, 5.74) is 1.03. The van der Waals surface area contributed by atoms with Gasteiger partial charge in [-0.15, -0.1) is 0 Å². The highest BCUT2D eigenvalue weighted by Crippen LogP contribution is 2.29. The molecule has 10 heteroatoms. The van der Waals surface area contributed by atoms with Gasteiger partial charge in [-0.25, -0.2) is 8.42 Å². The number of amides is 3. The maximum Gasteiger partial charge on any atom is 0.241 e. The number of carbonyl (C=O) groups is 3. The molecule has 2 aliphatic rings. The molecular formula is C19H26N4O5S. The Kier molecular flexibility index (Phi) is 5.95. The van der Waals surface area contributed by atoms with Gasteiger partial charge >= 0.3 is 0 Å². The van der Waals surface area contributed by atoms with E-state index in [1.54, 1.807) is 31.0 Å². The highest BCUT2D eigenvalue weighted by atomic mass is 32.2. The van der Waals surface area contributed by atoms with Crippen LogP contribution in [0, 0.1) is 6.92 Å². The minimum atomic E-state index is -4.00. The van der Waals surface area contributed by atoms with E-state index >= 15 is 0 Å². The standard InChI is InChI=1S/C19H26N4O5S/c1-13-15(23-9-5-8-17(23)24)6-4-7-16(13)29(27,28)20-14(2)19(26)22-11-10-21(3)18(25)12-22/h4,6-7,14,20H,5,8-12H2,1-3H3/t14-/m0/s1. The lowest BCUT2D eigenvalue weighted by Crippen LogP contribution is -2.55. The van der Waals surface area contributed by atoms with Crippen LogP contribution in [0.2, 0.25) is 0 Å². The average molecular weight is 423 g/mol. The predicted molar refractivity (Wildman–Crippen MR) is 107 cm³/mol. The number of hydrogen-bond acceptors (Lipinski definition) is 5. The number of nitrogens with zero attached hydrogens (tertiary/aromatic N) is 3. The Balaban J connectivity index is 1.78. The molecule has 0 radical (unpaired) electrons. The van der Waals surface area contributed by atoms with E-state index in [0.717, 1.165) is 6.42 Å². The Bertz CT molecular complexity index is 946. The van der Waals surface area contributed by atoms with Gasteiger partial charge in [0.2, 0.25) is 27.7 Å². The van der Waals surface area contributed by atoms with Gasteiger partial charge in [0.15, 0.2) is 0 Å². The molecule has 3 rings (SSSR count). The Labute approximate surface area is 170 Å². The van der Waals surface area contributed by atoms with E-state index in [9.17, 15) is 22.8 Å². The Morgan fingerprint density at radius 2 is 1.86 bits per heavy atom. The highest BCUT2D eigenvalue weighted by molar-refractivity contribution is 7.89. The van der Waals surface area contributed by atoms with Crippen molar-refractivity contribution < 1.29 is 22.8 Å². The number of nitrogens with one attached hydrogen (secondary N) is 1. The first kappa shape index (κ1) is 21.3. The molecule has 0 bridgehead atoms. The van der Waals surface area contributed by atoms with Gasteiger partial charge in [-0.1, -0.05) is 6.07 Å². The third kappa shape index (κ3) is 4.27. The molecule has 2 fully saturated rings. The van der Waals surface area contributed by atoms with Crippen molar-refractivity contribution >= 4 is 33.4 Å². The summed E-state index contributed by atoms with van der Waals surface area (Å²) in [6, 6.07) is 3.75. The molecule has 2 aliphatic heterocycles. The van der Waals surface area contributed by atoms with E-state index in [-0.39, 0.29) is 23.3 Å². The molecule has 0 spiro atoms. The van der Waals surface area contributed by atoms with Crippen LogP contribution < -0.4 is 9.62 Å². The molecule has 29 heavy (non-hydrogen) atoms. The van der Waals surface area contributed by atoms with Gasteiger partial charge in [0.25, 0.3) is 0 Å². The minimum Gasteiger partial charge on any atom is -0.342 e. The van der Waals surface area contributed by atoms with Crippen molar-refractivity contribution in [2.75, 3.05) is 38.1 Å². The van der Waals surface area contributed by atoms with Crippen LogP contribution in [0.5, 0.6) is 0 Å². The van der Waals surface area contributed by atoms with E-state index in [1.165, 1.54) is 22.8 Å².